The molecule has 0 radical (unpaired) electrons. The summed E-state index contributed by atoms with van der Waals surface area (Å²) < 4.78 is 0. The summed E-state index contributed by atoms with van der Waals surface area (Å²) in [5, 5.41) is 4.98. The van der Waals surface area contributed by atoms with E-state index >= 15 is 0 Å². The lowest BCUT2D eigenvalue weighted by Gasteiger charge is -2.36. The smallest absolute Gasteiger partial charge is 0.0595 e. The number of halogens is 2. The lowest BCUT2D eigenvalue weighted by molar-refractivity contribution is 0.200. The molecule has 1 nitrogen and oxygen atoms in total. The van der Waals surface area contributed by atoms with Crippen LogP contribution in [0.5, 0.6) is 0 Å². The maximum atomic E-state index is 6.08. The van der Waals surface area contributed by atoms with Crippen LogP contribution in [-0.2, 0) is 0 Å². The topological polar surface area (TPSA) is 12.0 Å². The van der Waals surface area contributed by atoms with Crippen molar-refractivity contribution in [3.05, 3.63) is 33.8 Å². The molecule has 0 saturated heterocycles. The molecule has 1 atom stereocenters. The molecule has 1 fully saturated rings. The van der Waals surface area contributed by atoms with E-state index in [1.807, 2.05) is 12.1 Å². The summed E-state index contributed by atoms with van der Waals surface area (Å²) in [5.74, 6) is 0. The van der Waals surface area contributed by atoms with Gasteiger partial charge in [-0.1, -0.05) is 43.1 Å². The molecular weight excluding hydrogens is 277 g/mol. The Bertz CT molecular complexity index is 432. The molecule has 0 amide bonds. The highest BCUT2D eigenvalue weighted by Gasteiger charge is 2.27. The summed E-state index contributed by atoms with van der Waals surface area (Å²) in [6, 6.07) is 6.84. The average Bonchev–Trinajstić information content (AvgIpc) is 2.35. The standard InChI is InChI=1S/C16H23Cl2N/c1-11(12-4-5-14(17)15(18)10-12)19-13-6-8-16(2,3)9-7-13/h4-5,10-11,13,19H,6-9H2,1-3H3. The van der Waals surface area contributed by atoms with Gasteiger partial charge in [-0.2, -0.15) is 0 Å². The number of rotatable bonds is 3. The van der Waals surface area contributed by atoms with Crippen molar-refractivity contribution in [1.29, 1.82) is 0 Å². The van der Waals surface area contributed by atoms with Crippen molar-refractivity contribution in [2.75, 3.05) is 0 Å². The third-order valence-electron chi connectivity index (χ3n) is 4.27. The fourth-order valence-electron chi connectivity index (χ4n) is 2.80. The summed E-state index contributed by atoms with van der Waals surface area (Å²) in [5.41, 5.74) is 1.73. The fraction of sp³-hybridized carbons (Fsp3) is 0.625. The van der Waals surface area contributed by atoms with Crippen LogP contribution >= 0.6 is 23.2 Å². The van der Waals surface area contributed by atoms with Gasteiger partial charge < -0.3 is 5.32 Å². The highest BCUT2D eigenvalue weighted by molar-refractivity contribution is 6.42. The molecule has 19 heavy (non-hydrogen) atoms. The lowest BCUT2D eigenvalue weighted by Crippen LogP contribution is -2.37. The van der Waals surface area contributed by atoms with Crippen molar-refractivity contribution < 1.29 is 0 Å². The number of benzene rings is 1. The molecule has 0 spiro atoms. The van der Waals surface area contributed by atoms with E-state index in [-0.39, 0.29) is 0 Å². The highest BCUT2D eigenvalue weighted by atomic mass is 35.5. The maximum Gasteiger partial charge on any atom is 0.0595 e. The number of nitrogens with one attached hydrogen (secondary N) is 1. The fourth-order valence-corrected chi connectivity index (χ4v) is 3.10. The second-order valence-corrected chi connectivity index (χ2v) is 7.31. The van der Waals surface area contributed by atoms with E-state index in [1.54, 1.807) is 0 Å². The van der Waals surface area contributed by atoms with Crippen molar-refractivity contribution in [1.82, 2.24) is 5.32 Å². The predicted octanol–water partition coefficient (Wildman–Crippen LogP) is 5.61. The van der Waals surface area contributed by atoms with Crippen LogP contribution in [0, 0.1) is 5.41 Å². The van der Waals surface area contributed by atoms with Crippen molar-refractivity contribution in [2.24, 2.45) is 5.41 Å². The van der Waals surface area contributed by atoms with Crippen LogP contribution in [0.3, 0.4) is 0 Å². The first-order valence-electron chi connectivity index (χ1n) is 7.08. The molecule has 1 saturated carbocycles. The van der Waals surface area contributed by atoms with Gasteiger partial charge in [-0.15, -0.1) is 0 Å². The normalized spacial score (nSPS) is 21.3. The van der Waals surface area contributed by atoms with Crippen LogP contribution in [0.25, 0.3) is 0 Å². The summed E-state index contributed by atoms with van der Waals surface area (Å²) in [6.45, 7) is 6.93. The van der Waals surface area contributed by atoms with E-state index in [1.165, 1.54) is 31.2 Å². The van der Waals surface area contributed by atoms with Crippen LogP contribution in [0.2, 0.25) is 10.0 Å². The van der Waals surface area contributed by atoms with E-state index < -0.39 is 0 Å². The Labute approximate surface area is 126 Å². The number of hydrogen-bond donors (Lipinski definition) is 1. The van der Waals surface area contributed by atoms with E-state index in [0.29, 0.717) is 27.5 Å². The van der Waals surface area contributed by atoms with Gasteiger partial charge in [0.25, 0.3) is 0 Å². The third kappa shape index (κ3) is 4.11. The molecular formula is C16H23Cl2N. The Morgan fingerprint density at radius 2 is 1.79 bits per heavy atom. The van der Waals surface area contributed by atoms with Crippen LogP contribution in [0.1, 0.15) is 58.1 Å². The summed E-state index contributed by atoms with van der Waals surface area (Å²) >= 11 is 12.0. The second kappa shape index (κ2) is 6.03. The van der Waals surface area contributed by atoms with Crippen molar-refractivity contribution in [2.45, 2.75) is 58.5 Å². The SMILES string of the molecule is CC(NC1CCC(C)(C)CC1)c1ccc(Cl)c(Cl)c1. The van der Waals surface area contributed by atoms with E-state index in [2.05, 4.69) is 32.2 Å². The largest absolute Gasteiger partial charge is 0.307 e. The van der Waals surface area contributed by atoms with Gasteiger partial charge in [0.15, 0.2) is 0 Å². The van der Waals surface area contributed by atoms with Gasteiger partial charge in [-0.3, -0.25) is 0 Å². The molecule has 1 aromatic carbocycles. The lowest BCUT2D eigenvalue weighted by atomic mass is 9.75. The zero-order valence-electron chi connectivity index (χ0n) is 12.0. The monoisotopic (exact) mass is 299 g/mol. The molecule has 1 N–H and O–H groups in total. The maximum absolute atomic E-state index is 6.08. The Balaban J connectivity index is 1.94. The van der Waals surface area contributed by atoms with E-state index in [9.17, 15) is 0 Å². The molecule has 1 aliphatic rings. The minimum Gasteiger partial charge on any atom is -0.307 e. The van der Waals surface area contributed by atoms with E-state index in [4.69, 9.17) is 23.2 Å². The molecule has 1 aliphatic carbocycles. The third-order valence-corrected chi connectivity index (χ3v) is 5.01. The van der Waals surface area contributed by atoms with Crippen LogP contribution in [0.15, 0.2) is 18.2 Å². The van der Waals surface area contributed by atoms with Crippen LogP contribution in [-0.4, -0.2) is 6.04 Å². The molecule has 2 rings (SSSR count). The minimum absolute atomic E-state index is 0.320. The first kappa shape index (κ1) is 15.2. The minimum atomic E-state index is 0.320. The molecule has 106 valence electrons. The molecule has 0 bridgehead atoms. The Morgan fingerprint density at radius 1 is 1.16 bits per heavy atom. The summed E-state index contributed by atoms with van der Waals surface area (Å²) in [4.78, 5) is 0. The van der Waals surface area contributed by atoms with Crippen molar-refractivity contribution in [3.63, 3.8) is 0 Å². The zero-order chi connectivity index (χ0) is 14.0. The molecule has 0 heterocycles. The summed E-state index contributed by atoms with van der Waals surface area (Å²) in [7, 11) is 0. The molecule has 1 unspecified atom stereocenters. The zero-order valence-corrected chi connectivity index (χ0v) is 13.5. The average molecular weight is 300 g/mol. The van der Waals surface area contributed by atoms with Crippen LogP contribution in [0.4, 0.5) is 0 Å². The Hall–Kier alpha value is -0.240. The van der Waals surface area contributed by atoms with Crippen molar-refractivity contribution >= 4 is 23.2 Å². The first-order chi connectivity index (χ1) is 8.87. The Kier molecular flexibility index (Phi) is 4.81. The highest BCUT2D eigenvalue weighted by Crippen LogP contribution is 2.36. The Morgan fingerprint density at radius 3 is 2.37 bits per heavy atom. The number of hydrogen-bond acceptors (Lipinski definition) is 1. The second-order valence-electron chi connectivity index (χ2n) is 6.50. The van der Waals surface area contributed by atoms with Gasteiger partial charge in [-0.05, 0) is 55.7 Å². The molecule has 1 aromatic rings. The quantitative estimate of drug-likeness (QED) is 0.764. The van der Waals surface area contributed by atoms with Crippen LogP contribution < -0.4 is 5.32 Å². The van der Waals surface area contributed by atoms with Gasteiger partial charge in [0, 0.05) is 12.1 Å². The summed E-state index contributed by atoms with van der Waals surface area (Å²) in [6.07, 6.45) is 5.13. The molecule has 3 heteroatoms. The first-order valence-corrected chi connectivity index (χ1v) is 7.84. The van der Waals surface area contributed by atoms with Gasteiger partial charge in [-0.25, -0.2) is 0 Å². The van der Waals surface area contributed by atoms with Gasteiger partial charge in [0.2, 0.25) is 0 Å². The molecule has 0 aliphatic heterocycles. The van der Waals surface area contributed by atoms with E-state index in [0.717, 1.165) is 0 Å². The predicted molar refractivity (Wildman–Crippen MR) is 84.0 cm³/mol. The van der Waals surface area contributed by atoms with Gasteiger partial charge in [0.05, 0.1) is 10.0 Å². The molecule has 0 aromatic heterocycles. The van der Waals surface area contributed by atoms with Crippen molar-refractivity contribution in [3.8, 4) is 0 Å². The van der Waals surface area contributed by atoms with Gasteiger partial charge >= 0.3 is 0 Å². The van der Waals surface area contributed by atoms with Gasteiger partial charge in [0.1, 0.15) is 0 Å².